The smallest absolute Gasteiger partial charge is 0.225 e. The highest BCUT2D eigenvalue weighted by Gasteiger charge is 2.35. The number of nitrogens with one attached hydrogen (secondary N) is 1. The number of carbonyl (C=O) groups excluding carboxylic acids is 1. The van der Waals surface area contributed by atoms with Gasteiger partial charge in [-0.1, -0.05) is 19.8 Å². The molecule has 0 atom stereocenters. The number of amides is 1. The SMILES string of the molecule is C#CCCNC(=O)C1(C)CCCC1. The number of rotatable bonds is 3. The van der Waals surface area contributed by atoms with Crippen LogP contribution in [-0.2, 0) is 4.79 Å². The van der Waals surface area contributed by atoms with Gasteiger partial charge in [-0.2, -0.15) is 0 Å². The Kier molecular flexibility index (Phi) is 3.36. The maximum atomic E-state index is 11.7. The molecule has 1 saturated carbocycles. The summed E-state index contributed by atoms with van der Waals surface area (Å²) in [6.45, 7) is 2.66. The Labute approximate surface area is 80.1 Å². The molecule has 0 aromatic carbocycles. The van der Waals surface area contributed by atoms with Crippen molar-refractivity contribution in [2.75, 3.05) is 6.54 Å². The van der Waals surface area contributed by atoms with E-state index in [9.17, 15) is 4.79 Å². The zero-order chi connectivity index (χ0) is 9.73. The first-order valence-electron chi connectivity index (χ1n) is 4.91. The van der Waals surface area contributed by atoms with E-state index in [1.54, 1.807) is 0 Å². The molecule has 1 aliphatic carbocycles. The Morgan fingerprint density at radius 3 is 2.69 bits per heavy atom. The molecule has 1 amide bonds. The van der Waals surface area contributed by atoms with Gasteiger partial charge in [0.15, 0.2) is 0 Å². The van der Waals surface area contributed by atoms with Gasteiger partial charge in [0.05, 0.1) is 0 Å². The fraction of sp³-hybridized carbons (Fsp3) is 0.727. The van der Waals surface area contributed by atoms with Crippen LogP contribution < -0.4 is 5.32 Å². The minimum Gasteiger partial charge on any atom is -0.355 e. The monoisotopic (exact) mass is 179 g/mol. The van der Waals surface area contributed by atoms with Crippen LogP contribution in [0.3, 0.4) is 0 Å². The molecule has 0 aromatic heterocycles. The third kappa shape index (κ3) is 2.48. The zero-order valence-electron chi connectivity index (χ0n) is 8.23. The summed E-state index contributed by atoms with van der Waals surface area (Å²) in [6.07, 6.45) is 10.1. The van der Waals surface area contributed by atoms with Crippen LogP contribution in [0.5, 0.6) is 0 Å². The lowest BCUT2D eigenvalue weighted by molar-refractivity contribution is -0.129. The maximum absolute atomic E-state index is 11.7. The Bertz CT molecular complexity index is 221. The van der Waals surface area contributed by atoms with Gasteiger partial charge in [0, 0.05) is 18.4 Å². The molecular weight excluding hydrogens is 162 g/mol. The predicted molar refractivity (Wildman–Crippen MR) is 53.0 cm³/mol. The van der Waals surface area contributed by atoms with Crippen LogP contribution in [0.2, 0.25) is 0 Å². The molecule has 72 valence electrons. The molecule has 2 nitrogen and oxygen atoms in total. The quantitative estimate of drug-likeness (QED) is 0.518. The minimum atomic E-state index is -0.116. The van der Waals surface area contributed by atoms with Crippen LogP contribution in [0.25, 0.3) is 0 Å². The minimum absolute atomic E-state index is 0.116. The number of hydrogen-bond donors (Lipinski definition) is 1. The summed E-state index contributed by atoms with van der Waals surface area (Å²) in [7, 11) is 0. The molecule has 1 aliphatic rings. The van der Waals surface area contributed by atoms with E-state index in [1.165, 1.54) is 12.8 Å². The molecule has 0 bridgehead atoms. The highest BCUT2D eigenvalue weighted by atomic mass is 16.2. The second-order valence-electron chi connectivity index (χ2n) is 3.98. The molecule has 2 heteroatoms. The molecule has 1 rings (SSSR count). The standard InChI is InChI=1S/C11H17NO/c1-3-4-9-12-10(13)11(2)7-5-6-8-11/h1H,4-9H2,2H3,(H,12,13). The molecule has 0 aliphatic heterocycles. The van der Waals surface area contributed by atoms with Gasteiger partial charge in [0.25, 0.3) is 0 Å². The first-order chi connectivity index (χ1) is 6.19. The lowest BCUT2D eigenvalue weighted by Crippen LogP contribution is -2.37. The molecule has 0 radical (unpaired) electrons. The summed E-state index contributed by atoms with van der Waals surface area (Å²) in [5.74, 6) is 2.69. The first-order valence-corrected chi connectivity index (χ1v) is 4.91. The summed E-state index contributed by atoms with van der Waals surface area (Å²) >= 11 is 0. The Morgan fingerprint density at radius 2 is 2.15 bits per heavy atom. The van der Waals surface area contributed by atoms with Gasteiger partial charge in [0.2, 0.25) is 5.91 Å². The van der Waals surface area contributed by atoms with Crippen LogP contribution in [0.1, 0.15) is 39.0 Å². The van der Waals surface area contributed by atoms with Crippen LogP contribution in [-0.4, -0.2) is 12.5 Å². The molecule has 13 heavy (non-hydrogen) atoms. The van der Waals surface area contributed by atoms with E-state index >= 15 is 0 Å². The van der Waals surface area contributed by atoms with Gasteiger partial charge in [-0.25, -0.2) is 0 Å². The number of carbonyl (C=O) groups is 1. The largest absolute Gasteiger partial charge is 0.355 e. The molecule has 0 unspecified atom stereocenters. The van der Waals surface area contributed by atoms with E-state index in [4.69, 9.17) is 6.42 Å². The summed E-state index contributed by atoms with van der Waals surface area (Å²) in [6, 6.07) is 0. The summed E-state index contributed by atoms with van der Waals surface area (Å²) in [5.41, 5.74) is -0.116. The third-order valence-corrected chi connectivity index (χ3v) is 2.81. The van der Waals surface area contributed by atoms with Crippen LogP contribution in [0.4, 0.5) is 0 Å². The lowest BCUT2D eigenvalue weighted by atomic mass is 9.88. The predicted octanol–water partition coefficient (Wildman–Crippen LogP) is 1.71. The molecule has 1 N–H and O–H groups in total. The van der Waals surface area contributed by atoms with Crippen molar-refractivity contribution in [2.24, 2.45) is 5.41 Å². The number of hydrogen-bond acceptors (Lipinski definition) is 1. The van der Waals surface area contributed by atoms with Gasteiger partial charge < -0.3 is 5.32 Å². The fourth-order valence-electron chi connectivity index (χ4n) is 1.84. The van der Waals surface area contributed by atoms with Crippen molar-refractivity contribution in [3.05, 3.63) is 0 Å². The van der Waals surface area contributed by atoms with Crippen molar-refractivity contribution in [2.45, 2.75) is 39.0 Å². The van der Waals surface area contributed by atoms with E-state index in [0.717, 1.165) is 12.8 Å². The molecule has 0 heterocycles. The second kappa shape index (κ2) is 4.32. The van der Waals surface area contributed by atoms with Crippen molar-refractivity contribution in [3.8, 4) is 12.3 Å². The van der Waals surface area contributed by atoms with E-state index in [2.05, 4.69) is 11.2 Å². The summed E-state index contributed by atoms with van der Waals surface area (Å²) in [4.78, 5) is 11.7. The highest BCUT2D eigenvalue weighted by molar-refractivity contribution is 5.82. The highest BCUT2D eigenvalue weighted by Crippen LogP contribution is 2.37. The lowest BCUT2D eigenvalue weighted by Gasteiger charge is -2.21. The normalized spacial score (nSPS) is 19.4. The van der Waals surface area contributed by atoms with Gasteiger partial charge in [-0.05, 0) is 12.8 Å². The molecular formula is C11H17NO. The zero-order valence-corrected chi connectivity index (χ0v) is 8.23. The first kappa shape index (κ1) is 10.1. The molecule has 1 fully saturated rings. The van der Waals surface area contributed by atoms with Crippen LogP contribution >= 0.6 is 0 Å². The summed E-state index contributed by atoms with van der Waals surface area (Å²) < 4.78 is 0. The van der Waals surface area contributed by atoms with E-state index < -0.39 is 0 Å². The molecule has 0 spiro atoms. The van der Waals surface area contributed by atoms with Crippen LogP contribution in [0.15, 0.2) is 0 Å². The Morgan fingerprint density at radius 1 is 1.54 bits per heavy atom. The van der Waals surface area contributed by atoms with Crippen molar-refractivity contribution < 1.29 is 4.79 Å². The Hall–Kier alpha value is -0.970. The average Bonchev–Trinajstić information content (AvgIpc) is 2.54. The van der Waals surface area contributed by atoms with Crippen molar-refractivity contribution in [1.29, 1.82) is 0 Å². The van der Waals surface area contributed by atoms with Gasteiger partial charge >= 0.3 is 0 Å². The van der Waals surface area contributed by atoms with Crippen LogP contribution in [0, 0.1) is 17.8 Å². The molecule has 0 aromatic rings. The van der Waals surface area contributed by atoms with Gasteiger partial charge in [-0.3, -0.25) is 4.79 Å². The third-order valence-electron chi connectivity index (χ3n) is 2.81. The topological polar surface area (TPSA) is 29.1 Å². The molecule has 0 saturated heterocycles. The fourth-order valence-corrected chi connectivity index (χ4v) is 1.84. The van der Waals surface area contributed by atoms with E-state index in [-0.39, 0.29) is 11.3 Å². The average molecular weight is 179 g/mol. The van der Waals surface area contributed by atoms with E-state index in [1.807, 2.05) is 6.92 Å². The van der Waals surface area contributed by atoms with Crippen molar-refractivity contribution in [3.63, 3.8) is 0 Å². The second-order valence-corrected chi connectivity index (χ2v) is 3.98. The van der Waals surface area contributed by atoms with Crippen molar-refractivity contribution in [1.82, 2.24) is 5.32 Å². The maximum Gasteiger partial charge on any atom is 0.225 e. The van der Waals surface area contributed by atoms with Gasteiger partial charge in [-0.15, -0.1) is 12.3 Å². The van der Waals surface area contributed by atoms with Crippen molar-refractivity contribution >= 4 is 5.91 Å². The number of terminal acetylenes is 1. The van der Waals surface area contributed by atoms with Gasteiger partial charge in [0.1, 0.15) is 0 Å². The van der Waals surface area contributed by atoms with E-state index in [0.29, 0.717) is 13.0 Å². The Balaban J connectivity index is 2.34. The summed E-state index contributed by atoms with van der Waals surface area (Å²) in [5, 5.41) is 2.88.